The summed E-state index contributed by atoms with van der Waals surface area (Å²) in [6.45, 7) is 5.54. The van der Waals surface area contributed by atoms with E-state index >= 15 is 0 Å². The molecule has 0 amide bonds. The largest absolute Gasteiger partial charge is 0.496 e. The highest BCUT2D eigenvalue weighted by Crippen LogP contribution is 2.32. The number of hydrogen-bond donors (Lipinski definition) is 1. The van der Waals surface area contributed by atoms with Crippen LogP contribution in [0.5, 0.6) is 5.75 Å². The van der Waals surface area contributed by atoms with Gasteiger partial charge in [-0.2, -0.15) is 0 Å². The molecule has 0 aliphatic carbocycles. The summed E-state index contributed by atoms with van der Waals surface area (Å²) in [6.07, 6.45) is 0.330. The zero-order valence-corrected chi connectivity index (χ0v) is 12.6. The molecular formula is C16H19NO4. The average Bonchev–Trinajstić information content (AvgIpc) is 2.75. The van der Waals surface area contributed by atoms with Crippen LogP contribution in [0.25, 0.3) is 0 Å². The van der Waals surface area contributed by atoms with Crippen molar-refractivity contribution < 1.29 is 19.2 Å². The van der Waals surface area contributed by atoms with Crippen LogP contribution in [-0.2, 0) is 11.2 Å². The van der Waals surface area contributed by atoms with Crippen molar-refractivity contribution in [3.8, 4) is 5.75 Å². The van der Waals surface area contributed by atoms with Gasteiger partial charge in [0.1, 0.15) is 11.5 Å². The Hall–Kier alpha value is -2.30. The van der Waals surface area contributed by atoms with Crippen molar-refractivity contribution >= 4 is 5.97 Å². The highest BCUT2D eigenvalue weighted by Gasteiger charge is 2.26. The van der Waals surface area contributed by atoms with Crippen molar-refractivity contribution in [1.82, 2.24) is 5.16 Å². The molecule has 0 fully saturated rings. The molecule has 0 spiro atoms. The van der Waals surface area contributed by atoms with Gasteiger partial charge in [0, 0.05) is 11.1 Å². The number of carboxylic acids is 1. The lowest BCUT2D eigenvalue weighted by molar-refractivity contribution is -0.138. The number of hydrogen-bond acceptors (Lipinski definition) is 4. The third-order valence-corrected chi connectivity index (χ3v) is 3.65. The van der Waals surface area contributed by atoms with Gasteiger partial charge in [-0.15, -0.1) is 0 Å². The Bertz CT molecular complexity index is 641. The number of carboxylic acid groups (broad SMARTS) is 1. The summed E-state index contributed by atoms with van der Waals surface area (Å²) < 4.78 is 10.4. The highest BCUT2D eigenvalue weighted by molar-refractivity contribution is 5.78. The lowest BCUT2D eigenvalue weighted by atomic mass is 9.90. The zero-order chi connectivity index (χ0) is 15.6. The Morgan fingerprint density at radius 2 is 2.10 bits per heavy atom. The van der Waals surface area contributed by atoms with Crippen molar-refractivity contribution in [2.45, 2.75) is 33.1 Å². The number of aryl methyl sites for hydroxylation is 3. The lowest BCUT2D eigenvalue weighted by Gasteiger charge is -2.17. The molecule has 5 heteroatoms. The van der Waals surface area contributed by atoms with Gasteiger partial charge in [0.15, 0.2) is 0 Å². The molecule has 0 saturated carbocycles. The van der Waals surface area contributed by atoms with E-state index in [4.69, 9.17) is 9.26 Å². The molecule has 1 atom stereocenters. The van der Waals surface area contributed by atoms with Gasteiger partial charge in [-0.05, 0) is 33.3 Å². The molecule has 0 bridgehead atoms. The summed E-state index contributed by atoms with van der Waals surface area (Å²) in [7, 11) is 1.54. The maximum absolute atomic E-state index is 11.7. The molecule has 0 saturated heterocycles. The molecule has 1 N–H and O–H groups in total. The molecule has 1 aromatic carbocycles. The molecule has 0 aliphatic heterocycles. The second-order valence-corrected chi connectivity index (χ2v) is 5.14. The van der Waals surface area contributed by atoms with Gasteiger partial charge in [-0.1, -0.05) is 22.9 Å². The van der Waals surface area contributed by atoms with Crippen LogP contribution in [0.3, 0.4) is 0 Å². The molecule has 2 rings (SSSR count). The number of aromatic nitrogens is 1. The first-order valence-corrected chi connectivity index (χ1v) is 6.73. The molecule has 2 aromatic rings. The van der Waals surface area contributed by atoms with Crippen molar-refractivity contribution in [1.29, 1.82) is 0 Å². The average molecular weight is 289 g/mol. The lowest BCUT2D eigenvalue weighted by Crippen LogP contribution is -2.16. The molecule has 1 unspecified atom stereocenters. The number of methoxy groups -OCH3 is 1. The number of carbonyl (C=O) groups is 1. The number of ether oxygens (including phenoxy) is 1. The standard InChI is InChI=1S/C16H19NO4/c1-9-5-6-15(20-4)13(7-9)14(16(18)19)8-12-10(2)17-21-11(12)3/h5-7,14H,8H2,1-4H3,(H,18,19). The van der Waals surface area contributed by atoms with Gasteiger partial charge in [-0.3, -0.25) is 4.79 Å². The van der Waals surface area contributed by atoms with Gasteiger partial charge < -0.3 is 14.4 Å². The number of aliphatic carboxylic acids is 1. The number of nitrogens with zero attached hydrogens (tertiary/aromatic N) is 1. The summed E-state index contributed by atoms with van der Waals surface area (Å²) in [6, 6.07) is 5.56. The summed E-state index contributed by atoms with van der Waals surface area (Å²) in [5.41, 5.74) is 3.23. The minimum Gasteiger partial charge on any atom is -0.496 e. The summed E-state index contributed by atoms with van der Waals surface area (Å²) in [5.74, 6) is -0.347. The van der Waals surface area contributed by atoms with Gasteiger partial charge in [-0.25, -0.2) is 0 Å². The van der Waals surface area contributed by atoms with Gasteiger partial charge in [0.25, 0.3) is 0 Å². The smallest absolute Gasteiger partial charge is 0.311 e. The second kappa shape index (κ2) is 5.99. The van der Waals surface area contributed by atoms with Crippen molar-refractivity contribution in [2.75, 3.05) is 7.11 Å². The van der Waals surface area contributed by atoms with E-state index < -0.39 is 11.9 Å². The summed E-state index contributed by atoms with van der Waals surface area (Å²) >= 11 is 0. The van der Waals surface area contributed by atoms with Crippen molar-refractivity contribution in [3.05, 3.63) is 46.3 Å². The highest BCUT2D eigenvalue weighted by atomic mass is 16.5. The van der Waals surface area contributed by atoms with Crippen molar-refractivity contribution in [2.24, 2.45) is 0 Å². The van der Waals surface area contributed by atoms with Crippen LogP contribution < -0.4 is 4.74 Å². The molecular weight excluding hydrogens is 270 g/mol. The fraction of sp³-hybridized carbons (Fsp3) is 0.375. The Morgan fingerprint density at radius 3 is 2.62 bits per heavy atom. The fourth-order valence-corrected chi connectivity index (χ4v) is 2.45. The molecule has 1 aromatic heterocycles. The molecule has 5 nitrogen and oxygen atoms in total. The third-order valence-electron chi connectivity index (χ3n) is 3.65. The van der Waals surface area contributed by atoms with Gasteiger partial charge in [0.2, 0.25) is 0 Å². The predicted octanol–water partition coefficient (Wildman–Crippen LogP) is 3.02. The Morgan fingerprint density at radius 1 is 1.38 bits per heavy atom. The number of benzene rings is 1. The maximum atomic E-state index is 11.7. The van der Waals surface area contributed by atoms with Crippen molar-refractivity contribution in [3.63, 3.8) is 0 Å². The van der Waals surface area contributed by atoms with Crippen LogP contribution in [0.2, 0.25) is 0 Å². The molecule has 1 heterocycles. The first-order chi connectivity index (χ1) is 9.93. The Labute approximate surface area is 123 Å². The van der Waals surface area contributed by atoms with E-state index in [1.807, 2.05) is 26.0 Å². The monoisotopic (exact) mass is 289 g/mol. The van der Waals surface area contributed by atoms with Crippen LogP contribution >= 0.6 is 0 Å². The quantitative estimate of drug-likeness (QED) is 0.916. The Kier molecular flexibility index (Phi) is 4.31. The van der Waals surface area contributed by atoms with Crippen LogP contribution in [0.1, 0.15) is 34.1 Å². The fourth-order valence-electron chi connectivity index (χ4n) is 2.45. The molecule has 0 aliphatic rings. The van der Waals surface area contributed by atoms with E-state index in [2.05, 4.69) is 5.16 Å². The van der Waals surface area contributed by atoms with Gasteiger partial charge in [0.05, 0.1) is 18.7 Å². The zero-order valence-electron chi connectivity index (χ0n) is 12.6. The first kappa shape index (κ1) is 15.1. The van der Waals surface area contributed by atoms with Crippen LogP contribution in [0.15, 0.2) is 22.7 Å². The first-order valence-electron chi connectivity index (χ1n) is 6.73. The molecule has 0 radical (unpaired) electrons. The van der Waals surface area contributed by atoms with E-state index in [1.165, 1.54) is 0 Å². The van der Waals surface area contributed by atoms with E-state index in [0.29, 0.717) is 23.5 Å². The number of rotatable bonds is 5. The summed E-state index contributed by atoms with van der Waals surface area (Å²) in [5, 5.41) is 13.5. The Balaban J connectivity index is 2.45. The van der Waals surface area contributed by atoms with Gasteiger partial charge >= 0.3 is 5.97 Å². The minimum atomic E-state index is -0.890. The second-order valence-electron chi connectivity index (χ2n) is 5.14. The maximum Gasteiger partial charge on any atom is 0.311 e. The third kappa shape index (κ3) is 3.07. The predicted molar refractivity (Wildman–Crippen MR) is 77.8 cm³/mol. The van der Waals surface area contributed by atoms with E-state index in [1.54, 1.807) is 20.1 Å². The van der Waals surface area contributed by atoms with Crippen LogP contribution in [0, 0.1) is 20.8 Å². The van der Waals surface area contributed by atoms with E-state index in [0.717, 1.165) is 16.8 Å². The van der Waals surface area contributed by atoms with Crippen LogP contribution in [0.4, 0.5) is 0 Å². The SMILES string of the molecule is COc1ccc(C)cc1C(Cc1c(C)noc1C)C(=O)O. The summed E-state index contributed by atoms with van der Waals surface area (Å²) in [4.78, 5) is 11.7. The van der Waals surface area contributed by atoms with E-state index in [-0.39, 0.29) is 0 Å². The normalized spacial score (nSPS) is 12.2. The molecule has 112 valence electrons. The minimum absolute atomic E-state index is 0.330. The molecule has 21 heavy (non-hydrogen) atoms. The van der Waals surface area contributed by atoms with E-state index in [9.17, 15) is 9.90 Å². The topological polar surface area (TPSA) is 72.6 Å². The van der Waals surface area contributed by atoms with Crippen LogP contribution in [-0.4, -0.2) is 23.3 Å².